The van der Waals surface area contributed by atoms with E-state index in [4.69, 9.17) is 21.1 Å². The van der Waals surface area contributed by atoms with E-state index >= 15 is 0 Å². The standard InChI is InChI=1S/C28H26ClN5O3/c1-36-21-14-7-18(8-15-21)9-16-26(35)31-27-32-28-30-23(19-10-12-20(29)13-11-19)17-24(34(28)33-27)22-5-3-4-6-25(22)37-2/h3-16,23-24H,17H2,1-2H3,(H2,30,31,32,33,35)/b16-9+/t23-,24-/m1/s1. The third-order valence-corrected chi connectivity index (χ3v) is 6.49. The first-order chi connectivity index (χ1) is 18.0. The molecule has 0 bridgehead atoms. The van der Waals surface area contributed by atoms with E-state index in [0.717, 1.165) is 28.2 Å². The van der Waals surface area contributed by atoms with E-state index in [2.05, 4.69) is 20.7 Å². The summed E-state index contributed by atoms with van der Waals surface area (Å²) in [5.41, 5.74) is 2.93. The van der Waals surface area contributed by atoms with Crippen LogP contribution in [0.2, 0.25) is 5.02 Å². The molecule has 0 saturated heterocycles. The van der Waals surface area contributed by atoms with Gasteiger partial charge in [-0.2, -0.15) is 4.98 Å². The smallest absolute Gasteiger partial charge is 0.250 e. The van der Waals surface area contributed by atoms with E-state index in [1.54, 1.807) is 25.0 Å². The average Bonchev–Trinajstić information content (AvgIpc) is 3.34. The summed E-state index contributed by atoms with van der Waals surface area (Å²) in [6.45, 7) is 0. The fourth-order valence-corrected chi connectivity index (χ4v) is 4.51. The van der Waals surface area contributed by atoms with Gasteiger partial charge in [0.05, 0.1) is 26.3 Å². The molecule has 0 spiro atoms. The van der Waals surface area contributed by atoms with Gasteiger partial charge in [0.2, 0.25) is 5.95 Å². The van der Waals surface area contributed by atoms with Crippen molar-refractivity contribution in [1.29, 1.82) is 0 Å². The predicted molar refractivity (Wildman–Crippen MR) is 144 cm³/mol. The molecule has 1 aromatic heterocycles. The highest BCUT2D eigenvalue weighted by Gasteiger charge is 2.32. The highest BCUT2D eigenvalue weighted by atomic mass is 35.5. The van der Waals surface area contributed by atoms with Crippen molar-refractivity contribution >= 4 is 35.5 Å². The Morgan fingerprint density at radius 3 is 2.54 bits per heavy atom. The van der Waals surface area contributed by atoms with E-state index in [-0.39, 0.29) is 23.9 Å². The molecule has 2 atom stereocenters. The Bertz CT molecular complexity index is 1420. The zero-order valence-corrected chi connectivity index (χ0v) is 21.1. The third kappa shape index (κ3) is 5.44. The van der Waals surface area contributed by atoms with Crippen LogP contribution >= 0.6 is 11.6 Å². The topological polar surface area (TPSA) is 90.3 Å². The summed E-state index contributed by atoms with van der Waals surface area (Å²) in [5, 5.41) is 11.5. The second-order valence-electron chi connectivity index (χ2n) is 8.54. The maximum Gasteiger partial charge on any atom is 0.250 e. The number of methoxy groups -OCH3 is 2. The quantitative estimate of drug-likeness (QED) is 0.305. The first kappa shape index (κ1) is 24.4. The molecule has 8 nitrogen and oxygen atoms in total. The minimum atomic E-state index is -0.332. The van der Waals surface area contributed by atoms with Crippen molar-refractivity contribution in [3.05, 3.63) is 101 Å². The summed E-state index contributed by atoms with van der Waals surface area (Å²) in [4.78, 5) is 17.2. The summed E-state index contributed by atoms with van der Waals surface area (Å²) in [7, 11) is 3.26. The van der Waals surface area contributed by atoms with E-state index in [0.29, 0.717) is 17.4 Å². The number of rotatable bonds is 7. The summed E-state index contributed by atoms with van der Waals surface area (Å²) < 4.78 is 12.6. The Balaban J connectivity index is 1.41. The number of nitrogens with one attached hydrogen (secondary N) is 2. The molecule has 0 fully saturated rings. The largest absolute Gasteiger partial charge is 0.497 e. The molecule has 4 aromatic rings. The number of nitrogens with zero attached hydrogens (tertiary/aromatic N) is 3. The van der Waals surface area contributed by atoms with Crippen molar-refractivity contribution in [3.63, 3.8) is 0 Å². The molecule has 188 valence electrons. The zero-order valence-electron chi connectivity index (χ0n) is 20.4. The first-order valence-corrected chi connectivity index (χ1v) is 12.2. The molecule has 0 unspecified atom stereocenters. The van der Waals surface area contributed by atoms with Gasteiger partial charge in [0.15, 0.2) is 0 Å². The van der Waals surface area contributed by atoms with Crippen LogP contribution in [0.15, 0.2) is 78.9 Å². The number of hydrogen-bond acceptors (Lipinski definition) is 6. The second-order valence-corrected chi connectivity index (χ2v) is 8.98. The lowest BCUT2D eigenvalue weighted by molar-refractivity contribution is -0.111. The molecule has 5 rings (SSSR count). The number of halogens is 1. The maximum absolute atomic E-state index is 12.6. The van der Waals surface area contributed by atoms with Crippen LogP contribution in [-0.2, 0) is 4.79 Å². The Morgan fingerprint density at radius 2 is 1.81 bits per heavy atom. The number of ether oxygens (including phenoxy) is 2. The number of carbonyl (C=O) groups is 1. The molecule has 0 aliphatic carbocycles. The number of carbonyl (C=O) groups excluding carboxylic acids is 1. The van der Waals surface area contributed by atoms with Gasteiger partial charge in [-0.3, -0.25) is 10.1 Å². The number of para-hydroxylation sites is 1. The predicted octanol–water partition coefficient (Wildman–Crippen LogP) is 5.75. The van der Waals surface area contributed by atoms with Crippen LogP contribution in [0.1, 0.15) is 35.2 Å². The summed E-state index contributed by atoms with van der Waals surface area (Å²) in [6.07, 6.45) is 3.86. The molecule has 1 amide bonds. The minimum absolute atomic E-state index is 0.0394. The summed E-state index contributed by atoms with van der Waals surface area (Å²) >= 11 is 6.11. The van der Waals surface area contributed by atoms with Crippen molar-refractivity contribution in [1.82, 2.24) is 14.8 Å². The Labute approximate surface area is 219 Å². The first-order valence-electron chi connectivity index (χ1n) is 11.8. The fourth-order valence-electron chi connectivity index (χ4n) is 4.38. The van der Waals surface area contributed by atoms with Crippen LogP contribution < -0.4 is 20.1 Å². The van der Waals surface area contributed by atoms with Crippen LogP contribution in [0.5, 0.6) is 11.5 Å². The SMILES string of the molecule is COc1ccc(/C=C/C(=O)Nc2nc3n(n2)[C@@H](c2ccccc2OC)C[C@H](c2ccc(Cl)cc2)N3)cc1. The molecule has 0 saturated carbocycles. The van der Waals surface area contributed by atoms with Gasteiger partial charge in [-0.15, -0.1) is 5.10 Å². The molecular weight excluding hydrogens is 490 g/mol. The van der Waals surface area contributed by atoms with Gasteiger partial charge >= 0.3 is 0 Å². The van der Waals surface area contributed by atoms with Gasteiger partial charge in [-0.05, 0) is 54.0 Å². The van der Waals surface area contributed by atoms with Crippen molar-refractivity contribution in [3.8, 4) is 11.5 Å². The molecule has 0 radical (unpaired) electrons. The van der Waals surface area contributed by atoms with Crippen LogP contribution in [0.3, 0.4) is 0 Å². The van der Waals surface area contributed by atoms with Gasteiger partial charge in [-0.25, -0.2) is 4.68 Å². The molecule has 1 aliphatic rings. The highest BCUT2D eigenvalue weighted by molar-refractivity contribution is 6.30. The maximum atomic E-state index is 12.6. The molecule has 1 aliphatic heterocycles. The Kier molecular flexibility index (Phi) is 7.09. The van der Waals surface area contributed by atoms with Crippen LogP contribution in [0.4, 0.5) is 11.9 Å². The van der Waals surface area contributed by atoms with Crippen LogP contribution in [0, 0.1) is 0 Å². The molecule has 37 heavy (non-hydrogen) atoms. The lowest BCUT2D eigenvalue weighted by Gasteiger charge is -2.32. The zero-order chi connectivity index (χ0) is 25.8. The van der Waals surface area contributed by atoms with Crippen LogP contribution in [0.25, 0.3) is 6.08 Å². The van der Waals surface area contributed by atoms with Crippen molar-refractivity contribution in [2.75, 3.05) is 24.9 Å². The van der Waals surface area contributed by atoms with Gasteiger partial charge in [0, 0.05) is 16.7 Å². The number of benzene rings is 3. The summed E-state index contributed by atoms with van der Waals surface area (Å²) in [6, 6.07) is 22.8. The third-order valence-electron chi connectivity index (χ3n) is 6.24. The van der Waals surface area contributed by atoms with Gasteiger partial charge < -0.3 is 14.8 Å². The van der Waals surface area contributed by atoms with Gasteiger partial charge in [0.1, 0.15) is 11.5 Å². The van der Waals surface area contributed by atoms with E-state index < -0.39 is 0 Å². The Hall–Kier alpha value is -4.30. The van der Waals surface area contributed by atoms with Crippen molar-refractivity contribution < 1.29 is 14.3 Å². The van der Waals surface area contributed by atoms with E-state index in [1.165, 1.54) is 6.08 Å². The van der Waals surface area contributed by atoms with E-state index in [1.807, 2.05) is 72.8 Å². The molecule has 3 aromatic carbocycles. The lowest BCUT2D eigenvalue weighted by Crippen LogP contribution is -2.28. The number of hydrogen-bond donors (Lipinski definition) is 2. The second kappa shape index (κ2) is 10.8. The monoisotopic (exact) mass is 515 g/mol. The Morgan fingerprint density at radius 1 is 1.05 bits per heavy atom. The van der Waals surface area contributed by atoms with Gasteiger partial charge in [0.25, 0.3) is 11.9 Å². The van der Waals surface area contributed by atoms with E-state index in [9.17, 15) is 4.79 Å². The number of amides is 1. The average molecular weight is 516 g/mol. The number of anilines is 2. The normalized spacial score (nSPS) is 16.6. The van der Waals surface area contributed by atoms with Crippen molar-refractivity contribution in [2.24, 2.45) is 0 Å². The van der Waals surface area contributed by atoms with Crippen molar-refractivity contribution in [2.45, 2.75) is 18.5 Å². The highest BCUT2D eigenvalue weighted by Crippen LogP contribution is 2.41. The lowest BCUT2D eigenvalue weighted by atomic mass is 9.93. The minimum Gasteiger partial charge on any atom is -0.497 e. The molecule has 2 heterocycles. The van der Waals surface area contributed by atoms with Gasteiger partial charge in [-0.1, -0.05) is 54.1 Å². The molecule has 2 N–H and O–H groups in total. The fraction of sp³-hybridized carbons (Fsp3) is 0.179. The number of aromatic nitrogens is 3. The molecule has 9 heteroatoms. The number of fused-ring (bicyclic) bond motifs is 1. The summed E-state index contributed by atoms with van der Waals surface area (Å²) in [5.74, 6) is 1.95. The molecular formula is C28H26ClN5O3. The van der Waals surface area contributed by atoms with Crippen LogP contribution in [-0.4, -0.2) is 34.9 Å².